The van der Waals surface area contributed by atoms with Crippen LogP contribution in [-0.4, -0.2) is 37.4 Å². The van der Waals surface area contributed by atoms with Gasteiger partial charge in [0.05, 0.1) is 0 Å². The van der Waals surface area contributed by atoms with Crippen LogP contribution in [0, 0.1) is 6.92 Å². The van der Waals surface area contributed by atoms with Crippen molar-refractivity contribution in [2.45, 2.75) is 46.8 Å². The van der Waals surface area contributed by atoms with E-state index in [0.29, 0.717) is 22.6 Å². The summed E-state index contributed by atoms with van der Waals surface area (Å²) < 4.78 is 22.5. The van der Waals surface area contributed by atoms with Crippen molar-refractivity contribution in [1.29, 1.82) is 0 Å². The smallest absolute Gasteiger partial charge is 0.333 e. The molecule has 0 saturated heterocycles. The van der Waals surface area contributed by atoms with E-state index in [-0.39, 0.29) is 13.2 Å². The summed E-state index contributed by atoms with van der Waals surface area (Å²) >= 11 is 0. The van der Waals surface area contributed by atoms with Gasteiger partial charge in [-0.05, 0) is 46.2 Å². The largest absolute Gasteiger partial charge is 0.489 e. The second kappa shape index (κ2) is 10.7. The summed E-state index contributed by atoms with van der Waals surface area (Å²) in [6.07, 6.45) is -0.856. The third-order valence-electron chi connectivity index (χ3n) is 4.39. The lowest BCUT2D eigenvalue weighted by molar-refractivity contribution is -0.145. The molecule has 2 atom stereocenters. The van der Waals surface area contributed by atoms with Crippen molar-refractivity contribution in [2.24, 2.45) is 0 Å². The minimum absolute atomic E-state index is 0.205. The third kappa shape index (κ3) is 6.60. The third-order valence-corrected chi connectivity index (χ3v) is 4.39. The summed E-state index contributed by atoms with van der Waals surface area (Å²) in [5, 5.41) is 1.75. The van der Waals surface area contributed by atoms with Gasteiger partial charge >= 0.3 is 11.9 Å². The molecule has 0 amide bonds. The zero-order valence-corrected chi connectivity index (χ0v) is 18.8. The highest BCUT2D eigenvalue weighted by atomic mass is 16.6. The minimum atomic E-state index is -0.442. The molecule has 2 unspecified atom stereocenters. The molecule has 31 heavy (non-hydrogen) atoms. The molecule has 2 aromatic carbocycles. The molecule has 0 fully saturated rings. The lowest BCUT2D eigenvalue weighted by atomic mass is 10.0. The van der Waals surface area contributed by atoms with E-state index in [1.807, 2.05) is 37.3 Å². The van der Waals surface area contributed by atoms with Crippen LogP contribution in [0.3, 0.4) is 0 Å². The van der Waals surface area contributed by atoms with Crippen molar-refractivity contribution in [1.82, 2.24) is 0 Å². The molecule has 2 aromatic rings. The number of carbonyl (C=O) groups excluding carboxylic acids is 2. The number of rotatable bonds is 10. The Hall–Kier alpha value is -3.28. The number of fused-ring (bicyclic) bond motifs is 1. The van der Waals surface area contributed by atoms with Crippen LogP contribution in [0.5, 0.6) is 11.5 Å². The molecule has 0 saturated carbocycles. The van der Waals surface area contributed by atoms with Gasteiger partial charge in [0, 0.05) is 21.9 Å². The van der Waals surface area contributed by atoms with Gasteiger partial charge in [0.25, 0.3) is 0 Å². The first kappa shape index (κ1) is 24.0. The standard InChI is InChI=1S/C25H30O6/c1-15(2)24(26)30-18(6)13-28-22-12-17(5)23(21-11-9-8-10-20(21)22)29-14-19(7)31-25(27)16(3)4/h8-12,18-19H,1,3,13-14H2,2,4-7H3. The Labute approximate surface area is 183 Å². The van der Waals surface area contributed by atoms with E-state index in [0.717, 1.165) is 16.3 Å². The molecule has 0 spiro atoms. The van der Waals surface area contributed by atoms with Crippen molar-refractivity contribution in [3.8, 4) is 11.5 Å². The highest BCUT2D eigenvalue weighted by Gasteiger charge is 2.17. The number of hydrogen-bond donors (Lipinski definition) is 0. The molecule has 0 aliphatic rings. The van der Waals surface area contributed by atoms with Crippen molar-refractivity contribution < 1.29 is 28.5 Å². The van der Waals surface area contributed by atoms with E-state index < -0.39 is 24.1 Å². The number of benzene rings is 2. The van der Waals surface area contributed by atoms with Crippen LogP contribution in [-0.2, 0) is 19.1 Å². The van der Waals surface area contributed by atoms with Gasteiger partial charge in [-0.15, -0.1) is 0 Å². The number of hydrogen-bond acceptors (Lipinski definition) is 6. The second-order valence-electron chi connectivity index (χ2n) is 7.68. The van der Waals surface area contributed by atoms with Crippen LogP contribution in [0.4, 0.5) is 0 Å². The molecule has 0 aliphatic carbocycles. The van der Waals surface area contributed by atoms with Crippen molar-refractivity contribution in [3.63, 3.8) is 0 Å². The van der Waals surface area contributed by atoms with Gasteiger partial charge in [0.2, 0.25) is 0 Å². The maximum atomic E-state index is 11.7. The fraction of sp³-hybridized carbons (Fsp3) is 0.360. The van der Waals surface area contributed by atoms with E-state index in [4.69, 9.17) is 18.9 Å². The molecule has 166 valence electrons. The summed E-state index contributed by atoms with van der Waals surface area (Å²) in [6, 6.07) is 9.59. The molecule has 2 rings (SSSR count). The van der Waals surface area contributed by atoms with Gasteiger partial charge in [-0.1, -0.05) is 37.4 Å². The van der Waals surface area contributed by atoms with Crippen LogP contribution in [0.15, 0.2) is 54.6 Å². The fourth-order valence-corrected chi connectivity index (χ4v) is 2.80. The lowest BCUT2D eigenvalue weighted by Crippen LogP contribution is -2.23. The maximum Gasteiger partial charge on any atom is 0.333 e. The van der Waals surface area contributed by atoms with Gasteiger partial charge in [-0.3, -0.25) is 0 Å². The quantitative estimate of drug-likeness (QED) is 0.397. The summed E-state index contributed by atoms with van der Waals surface area (Å²) in [5.41, 5.74) is 1.56. The van der Waals surface area contributed by atoms with E-state index in [1.165, 1.54) is 0 Å². The predicted molar refractivity (Wildman–Crippen MR) is 120 cm³/mol. The fourth-order valence-electron chi connectivity index (χ4n) is 2.80. The molecule has 6 nitrogen and oxygen atoms in total. The first-order valence-electron chi connectivity index (χ1n) is 10.1. The summed E-state index contributed by atoms with van der Waals surface area (Å²) in [5.74, 6) is 0.480. The topological polar surface area (TPSA) is 71.1 Å². The van der Waals surface area contributed by atoms with Gasteiger partial charge in [0.1, 0.15) is 36.9 Å². The molecular weight excluding hydrogens is 396 g/mol. The zero-order chi connectivity index (χ0) is 23.1. The van der Waals surface area contributed by atoms with Crippen molar-refractivity contribution in [2.75, 3.05) is 13.2 Å². The summed E-state index contributed by atoms with van der Waals surface area (Å²) in [4.78, 5) is 23.4. The molecule has 0 aromatic heterocycles. The Kier molecular flexibility index (Phi) is 8.25. The Morgan fingerprint density at radius 2 is 1.35 bits per heavy atom. The Balaban J connectivity index is 2.16. The van der Waals surface area contributed by atoms with E-state index in [9.17, 15) is 9.59 Å². The predicted octanol–water partition coefficient (Wildman–Crippen LogP) is 4.92. The maximum absolute atomic E-state index is 11.7. The first-order valence-corrected chi connectivity index (χ1v) is 10.1. The number of carbonyl (C=O) groups is 2. The lowest BCUT2D eigenvalue weighted by Gasteiger charge is -2.20. The van der Waals surface area contributed by atoms with Crippen LogP contribution in [0.1, 0.15) is 33.3 Å². The SMILES string of the molecule is C=C(C)C(=O)OC(C)COc1cc(C)c(OCC(C)OC(=O)C(=C)C)c2ccccc12. The molecule has 0 aliphatic heterocycles. The van der Waals surface area contributed by atoms with Gasteiger partial charge in [0.15, 0.2) is 0 Å². The highest BCUT2D eigenvalue weighted by molar-refractivity contribution is 5.94. The van der Waals surface area contributed by atoms with Crippen molar-refractivity contribution in [3.05, 3.63) is 60.2 Å². The molecule has 0 heterocycles. The molecule has 0 bridgehead atoms. The minimum Gasteiger partial charge on any atom is -0.489 e. The molecule has 0 N–H and O–H groups in total. The van der Waals surface area contributed by atoms with Crippen LogP contribution in [0.25, 0.3) is 10.8 Å². The van der Waals surface area contributed by atoms with Crippen LogP contribution < -0.4 is 9.47 Å². The molecular formula is C25H30O6. The van der Waals surface area contributed by atoms with Crippen molar-refractivity contribution >= 4 is 22.7 Å². The van der Waals surface area contributed by atoms with E-state index >= 15 is 0 Å². The van der Waals surface area contributed by atoms with Gasteiger partial charge in [-0.2, -0.15) is 0 Å². The summed E-state index contributed by atoms with van der Waals surface area (Å²) in [6.45, 7) is 16.2. The van der Waals surface area contributed by atoms with E-state index in [1.54, 1.807) is 27.7 Å². The Bertz CT molecular complexity index is 991. The number of aryl methyl sites for hydroxylation is 1. The Morgan fingerprint density at radius 1 is 0.871 bits per heavy atom. The first-order chi connectivity index (χ1) is 14.6. The number of ether oxygens (including phenoxy) is 4. The Morgan fingerprint density at radius 3 is 1.87 bits per heavy atom. The highest BCUT2D eigenvalue weighted by Crippen LogP contribution is 2.36. The normalized spacial score (nSPS) is 12.5. The zero-order valence-electron chi connectivity index (χ0n) is 18.8. The van der Waals surface area contributed by atoms with E-state index in [2.05, 4.69) is 13.2 Å². The summed E-state index contributed by atoms with van der Waals surface area (Å²) in [7, 11) is 0. The number of esters is 2. The van der Waals surface area contributed by atoms with Crippen LogP contribution >= 0.6 is 0 Å². The average Bonchev–Trinajstić information content (AvgIpc) is 2.71. The van der Waals surface area contributed by atoms with Gasteiger partial charge in [-0.25, -0.2) is 9.59 Å². The second-order valence-corrected chi connectivity index (χ2v) is 7.68. The molecule has 0 radical (unpaired) electrons. The van der Waals surface area contributed by atoms with Gasteiger partial charge < -0.3 is 18.9 Å². The molecule has 6 heteroatoms. The van der Waals surface area contributed by atoms with Crippen LogP contribution in [0.2, 0.25) is 0 Å². The monoisotopic (exact) mass is 426 g/mol. The average molecular weight is 427 g/mol.